The summed E-state index contributed by atoms with van der Waals surface area (Å²) in [5.74, 6) is 0.298. The lowest BCUT2D eigenvalue weighted by Gasteiger charge is -2.32. The maximum absolute atomic E-state index is 9.75. The first-order valence-electron chi connectivity index (χ1n) is 5.53. The number of rotatable bonds is 2. The normalized spacial score (nSPS) is 18.9. The van der Waals surface area contributed by atoms with Gasteiger partial charge in [0.1, 0.15) is 5.75 Å². The minimum atomic E-state index is 0.298. The number of nitrogens with zero attached hydrogens (tertiary/aromatic N) is 2. The third kappa shape index (κ3) is 2.88. The Bertz CT molecular complexity index is 362. The van der Waals surface area contributed by atoms with E-state index in [2.05, 4.69) is 16.8 Å². The lowest BCUT2D eigenvalue weighted by molar-refractivity contribution is 0.147. The smallest absolute Gasteiger partial charge is 0.121 e. The fourth-order valence-corrected chi connectivity index (χ4v) is 2.08. The van der Waals surface area contributed by atoms with Crippen LogP contribution in [0.3, 0.4) is 0 Å². The number of piperazine rings is 1. The first-order valence-corrected chi connectivity index (χ1v) is 5.91. The molecule has 0 amide bonds. The Balaban J connectivity index is 1.98. The Morgan fingerprint density at radius 3 is 2.56 bits per heavy atom. The van der Waals surface area contributed by atoms with Gasteiger partial charge in [-0.25, -0.2) is 0 Å². The van der Waals surface area contributed by atoms with Crippen LogP contribution in [0.15, 0.2) is 18.2 Å². The number of aromatic hydroxyl groups is 1. The molecule has 1 saturated heterocycles. The number of hydrogen-bond acceptors (Lipinski definition) is 3. The van der Waals surface area contributed by atoms with E-state index in [1.165, 1.54) is 0 Å². The minimum Gasteiger partial charge on any atom is -0.508 e. The largest absolute Gasteiger partial charge is 0.508 e. The van der Waals surface area contributed by atoms with E-state index < -0.39 is 0 Å². The zero-order chi connectivity index (χ0) is 11.5. The van der Waals surface area contributed by atoms with Gasteiger partial charge in [-0.1, -0.05) is 17.7 Å². The summed E-state index contributed by atoms with van der Waals surface area (Å²) in [6.07, 6.45) is 0. The van der Waals surface area contributed by atoms with E-state index >= 15 is 0 Å². The van der Waals surface area contributed by atoms with Crippen LogP contribution in [0.1, 0.15) is 5.56 Å². The van der Waals surface area contributed by atoms with Crippen LogP contribution in [0.5, 0.6) is 5.75 Å². The maximum Gasteiger partial charge on any atom is 0.121 e. The molecular weight excluding hydrogens is 224 g/mol. The molecule has 0 saturated carbocycles. The second-order valence-electron chi connectivity index (χ2n) is 4.35. The average molecular weight is 241 g/mol. The molecule has 0 atom stereocenters. The molecule has 0 aliphatic carbocycles. The van der Waals surface area contributed by atoms with E-state index in [0.29, 0.717) is 10.8 Å². The number of benzene rings is 1. The van der Waals surface area contributed by atoms with Crippen molar-refractivity contribution in [2.45, 2.75) is 6.54 Å². The van der Waals surface area contributed by atoms with Gasteiger partial charge in [-0.2, -0.15) is 0 Å². The monoisotopic (exact) mass is 240 g/mol. The van der Waals surface area contributed by atoms with Crippen molar-refractivity contribution in [1.82, 2.24) is 9.80 Å². The van der Waals surface area contributed by atoms with E-state index in [0.717, 1.165) is 38.3 Å². The summed E-state index contributed by atoms with van der Waals surface area (Å²) in [6, 6.07) is 5.33. The molecule has 0 bridgehead atoms. The van der Waals surface area contributed by atoms with Crippen LogP contribution >= 0.6 is 11.6 Å². The zero-order valence-corrected chi connectivity index (χ0v) is 10.2. The molecule has 1 fully saturated rings. The van der Waals surface area contributed by atoms with Gasteiger partial charge >= 0.3 is 0 Å². The molecule has 16 heavy (non-hydrogen) atoms. The van der Waals surface area contributed by atoms with Crippen LogP contribution in [-0.2, 0) is 6.54 Å². The standard InChI is InChI=1S/C12H17ClN2O/c1-14-4-6-15(7-5-14)9-10-2-3-11(13)8-12(10)16/h2-3,8,16H,4-7,9H2,1H3. The van der Waals surface area contributed by atoms with Crippen LogP contribution in [0.25, 0.3) is 0 Å². The molecule has 1 N–H and O–H groups in total. The highest BCUT2D eigenvalue weighted by Crippen LogP contribution is 2.23. The Hall–Kier alpha value is -0.770. The van der Waals surface area contributed by atoms with Gasteiger partial charge in [0.05, 0.1) is 0 Å². The zero-order valence-electron chi connectivity index (χ0n) is 9.49. The number of phenolic OH excluding ortho intramolecular Hbond substituents is 1. The first kappa shape index (κ1) is 11.7. The summed E-state index contributed by atoms with van der Waals surface area (Å²) >= 11 is 5.80. The molecule has 1 heterocycles. The summed E-state index contributed by atoms with van der Waals surface area (Å²) in [5.41, 5.74) is 0.953. The second kappa shape index (κ2) is 5.04. The van der Waals surface area contributed by atoms with Gasteiger partial charge in [-0.05, 0) is 19.2 Å². The fraction of sp³-hybridized carbons (Fsp3) is 0.500. The van der Waals surface area contributed by atoms with Crippen LogP contribution in [-0.4, -0.2) is 48.1 Å². The summed E-state index contributed by atoms with van der Waals surface area (Å²) in [4.78, 5) is 4.67. The van der Waals surface area contributed by atoms with Crippen molar-refractivity contribution < 1.29 is 5.11 Å². The topological polar surface area (TPSA) is 26.7 Å². The van der Waals surface area contributed by atoms with E-state index in [-0.39, 0.29) is 0 Å². The predicted molar refractivity (Wildman–Crippen MR) is 65.9 cm³/mol. The van der Waals surface area contributed by atoms with Crippen molar-refractivity contribution in [2.24, 2.45) is 0 Å². The Kier molecular flexibility index (Phi) is 3.69. The molecule has 1 aromatic carbocycles. The number of likely N-dealkylation sites (N-methyl/N-ethyl adjacent to an activating group) is 1. The highest BCUT2D eigenvalue weighted by Gasteiger charge is 2.15. The molecule has 1 aliphatic rings. The van der Waals surface area contributed by atoms with Gasteiger partial charge in [0.2, 0.25) is 0 Å². The van der Waals surface area contributed by atoms with Crippen LogP contribution in [0.2, 0.25) is 5.02 Å². The summed E-state index contributed by atoms with van der Waals surface area (Å²) in [7, 11) is 2.14. The van der Waals surface area contributed by atoms with Gasteiger partial charge < -0.3 is 10.0 Å². The quantitative estimate of drug-likeness (QED) is 0.854. The van der Waals surface area contributed by atoms with E-state index in [9.17, 15) is 5.11 Å². The molecule has 0 spiro atoms. The molecule has 1 aliphatic heterocycles. The van der Waals surface area contributed by atoms with Gasteiger partial charge in [0.15, 0.2) is 0 Å². The highest BCUT2D eigenvalue weighted by molar-refractivity contribution is 6.30. The number of halogens is 1. The third-order valence-corrected chi connectivity index (χ3v) is 3.27. The van der Waals surface area contributed by atoms with Gasteiger partial charge in [-0.3, -0.25) is 4.90 Å². The van der Waals surface area contributed by atoms with Crippen LogP contribution < -0.4 is 0 Å². The van der Waals surface area contributed by atoms with Crippen molar-refractivity contribution in [3.05, 3.63) is 28.8 Å². The van der Waals surface area contributed by atoms with Crippen molar-refractivity contribution >= 4 is 11.6 Å². The predicted octanol–water partition coefficient (Wildman–Crippen LogP) is 1.79. The number of hydrogen-bond donors (Lipinski definition) is 1. The molecule has 0 unspecified atom stereocenters. The van der Waals surface area contributed by atoms with Gasteiger partial charge in [0.25, 0.3) is 0 Å². The Labute approximate surface area is 101 Å². The van der Waals surface area contributed by atoms with E-state index in [4.69, 9.17) is 11.6 Å². The Morgan fingerprint density at radius 2 is 1.94 bits per heavy atom. The van der Waals surface area contributed by atoms with Crippen molar-refractivity contribution in [2.75, 3.05) is 33.2 Å². The second-order valence-corrected chi connectivity index (χ2v) is 4.79. The Morgan fingerprint density at radius 1 is 1.25 bits per heavy atom. The lowest BCUT2D eigenvalue weighted by atomic mass is 10.1. The average Bonchev–Trinajstić information content (AvgIpc) is 2.25. The summed E-state index contributed by atoms with van der Waals surface area (Å²) in [5, 5.41) is 10.3. The fourth-order valence-electron chi connectivity index (χ4n) is 1.92. The SMILES string of the molecule is CN1CCN(Cc2ccc(Cl)cc2O)CC1. The molecule has 88 valence electrons. The molecule has 4 heteroatoms. The van der Waals surface area contributed by atoms with Crippen LogP contribution in [0, 0.1) is 0 Å². The molecule has 1 aromatic rings. The van der Waals surface area contributed by atoms with Crippen molar-refractivity contribution in [3.8, 4) is 5.75 Å². The molecule has 3 nitrogen and oxygen atoms in total. The molecular formula is C12H17ClN2O. The number of phenols is 1. The highest BCUT2D eigenvalue weighted by atomic mass is 35.5. The van der Waals surface area contributed by atoms with E-state index in [1.54, 1.807) is 6.07 Å². The summed E-state index contributed by atoms with van der Waals surface area (Å²) < 4.78 is 0. The van der Waals surface area contributed by atoms with Crippen LogP contribution in [0.4, 0.5) is 0 Å². The maximum atomic E-state index is 9.75. The molecule has 0 radical (unpaired) electrons. The molecule has 2 rings (SSSR count). The lowest BCUT2D eigenvalue weighted by Crippen LogP contribution is -2.43. The van der Waals surface area contributed by atoms with Crippen molar-refractivity contribution in [3.63, 3.8) is 0 Å². The van der Waals surface area contributed by atoms with Gasteiger partial charge in [-0.15, -0.1) is 0 Å². The van der Waals surface area contributed by atoms with Gasteiger partial charge in [0, 0.05) is 43.3 Å². The summed E-state index contributed by atoms with van der Waals surface area (Å²) in [6.45, 7) is 5.09. The first-order chi connectivity index (χ1) is 7.65. The molecule has 0 aromatic heterocycles. The van der Waals surface area contributed by atoms with Crippen molar-refractivity contribution in [1.29, 1.82) is 0 Å². The van der Waals surface area contributed by atoms with E-state index in [1.807, 2.05) is 12.1 Å². The minimum absolute atomic E-state index is 0.298. The third-order valence-electron chi connectivity index (χ3n) is 3.04.